The largest absolute Gasteiger partial charge is 0.508 e. The fraction of sp³-hybridized carbons (Fsp3) is 0.467. The number of amides is 1. The maximum absolute atomic E-state index is 12.0. The number of hydrogen-bond acceptors (Lipinski definition) is 3. The van der Waals surface area contributed by atoms with Crippen LogP contribution in [0, 0.1) is 17.8 Å². The van der Waals surface area contributed by atoms with Crippen molar-refractivity contribution in [2.45, 2.75) is 25.7 Å². The number of aromatic hydroxyl groups is 1. The van der Waals surface area contributed by atoms with Crippen LogP contribution in [-0.4, -0.2) is 17.2 Å². The summed E-state index contributed by atoms with van der Waals surface area (Å²) in [7, 11) is 0. The molecule has 0 bridgehead atoms. The highest BCUT2D eigenvalue weighted by atomic mass is 16.3. The SMILES string of the molecule is O=C(N/N=C/c1cccc(O)c1)C1C2CCCCC21. The minimum atomic E-state index is 0.0494. The lowest BCUT2D eigenvalue weighted by molar-refractivity contribution is -0.122. The number of rotatable bonds is 3. The second-order valence-electron chi connectivity index (χ2n) is 5.47. The van der Waals surface area contributed by atoms with Crippen LogP contribution >= 0.6 is 0 Å². The van der Waals surface area contributed by atoms with E-state index in [-0.39, 0.29) is 17.6 Å². The minimum Gasteiger partial charge on any atom is -0.508 e. The summed E-state index contributed by atoms with van der Waals surface area (Å²) in [5.41, 5.74) is 3.39. The van der Waals surface area contributed by atoms with Gasteiger partial charge in [-0.3, -0.25) is 4.79 Å². The molecule has 2 saturated carbocycles. The fourth-order valence-electron chi connectivity index (χ4n) is 3.23. The van der Waals surface area contributed by atoms with Gasteiger partial charge < -0.3 is 5.11 Å². The van der Waals surface area contributed by atoms with Crippen molar-refractivity contribution in [1.82, 2.24) is 5.43 Å². The zero-order chi connectivity index (χ0) is 13.2. The Balaban J connectivity index is 1.54. The molecule has 1 aromatic carbocycles. The molecule has 19 heavy (non-hydrogen) atoms. The lowest BCUT2D eigenvalue weighted by Crippen LogP contribution is -2.20. The monoisotopic (exact) mass is 258 g/mol. The Morgan fingerprint density at radius 1 is 1.32 bits per heavy atom. The summed E-state index contributed by atoms with van der Waals surface area (Å²) in [6, 6.07) is 6.78. The summed E-state index contributed by atoms with van der Waals surface area (Å²) >= 11 is 0. The standard InChI is InChI=1S/C15H18N2O2/c18-11-5-3-4-10(8-11)9-16-17-15(19)14-12-6-1-2-7-13(12)14/h3-5,8-9,12-14,18H,1-2,6-7H2,(H,17,19)/b16-9+. The van der Waals surface area contributed by atoms with Crippen molar-refractivity contribution >= 4 is 12.1 Å². The molecule has 2 fully saturated rings. The summed E-state index contributed by atoms with van der Waals surface area (Å²) < 4.78 is 0. The molecule has 1 amide bonds. The van der Waals surface area contributed by atoms with E-state index in [1.54, 1.807) is 24.4 Å². The van der Waals surface area contributed by atoms with Gasteiger partial charge in [-0.1, -0.05) is 25.0 Å². The van der Waals surface area contributed by atoms with Crippen LogP contribution in [0.3, 0.4) is 0 Å². The molecule has 2 N–H and O–H groups in total. The first-order valence-corrected chi connectivity index (χ1v) is 6.87. The molecule has 0 radical (unpaired) electrons. The van der Waals surface area contributed by atoms with Crippen LogP contribution in [0.5, 0.6) is 5.75 Å². The molecule has 100 valence electrons. The highest BCUT2D eigenvalue weighted by molar-refractivity contribution is 5.85. The van der Waals surface area contributed by atoms with E-state index >= 15 is 0 Å². The number of benzene rings is 1. The molecule has 0 spiro atoms. The van der Waals surface area contributed by atoms with Crippen molar-refractivity contribution in [2.24, 2.45) is 22.9 Å². The Bertz CT molecular complexity index is 501. The van der Waals surface area contributed by atoms with Gasteiger partial charge in [0.1, 0.15) is 5.75 Å². The van der Waals surface area contributed by atoms with Crippen LogP contribution in [0.25, 0.3) is 0 Å². The quantitative estimate of drug-likeness (QED) is 0.645. The lowest BCUT2D eigenvalue weighted by Gasteiger charge is -2.04. The molecule has 4 heteroatoms. The number of carbonyl (C=O) groups is 1. The molecule has 2 atom stereocenters. The number of phenols is 1. The average Bonchev–Trinajstić information content (AvgIpc) is 3.13. The molecular formula is C15H18N2O2. The normalized spacial score (nSPS) is 28.9. The van der Waals surface area contributed by atoms with Crippen molar-refractivity contribution < 1.29 is 9.90 Å². The Labute approximate surface area is 112 Å². The van der Waals surface area contributed by atoms with Crippen LogP contribution in [0.15, 0.2) is 29.4 Å². The predicted octanol–water partition coefficient (Wildman–Crippen LogP) is 2.28. The smallest absolute Gasteiger partial charge is 0.243 e. The average molecular weight is 258 g/mol. The van der Waals surface area contributed by atoms with Gasteiger partial charge in [0.15, 0.2) is 0 Å². The third-order valence-corrected chi connectivity index (χ3v) is 4.22. The second kappa shape index (κ2) is 5.03. The summed E-state index contributed by atoms with van der Waals surface area (Å²) in [4.78, 5) is 12.0. The first kappa shape index (κ1) is 12.2. The topological polar surface area (TPSA) is 61.7 Å². The first-order chi connectivity index (χ1) is 9.25. The third-order valence-electron chi connectivity index (χ3n) is 4.22. The number of fused-ring (bicyclic) bond motifs is 1. The van der Waals surface area contributed by atoms with Gasteiger partial charge in [0, 0.05) is 5.92 Å². The maximum Gasteiger partial charge on any atom is 0.243 e. The predicted molar refractivity (Wildman–Crippen MR) is 72.8 cm³/mol. The molecule has 0 aliphatic heterocycles. The van der Waals surface area contributed by atoms with Crippen molar-refractivity contribution in [3.8, 4) is 5.75 Å². The van der Waals surface area contributed by atoms with Crippen LogP contribution in [0.1, 0.15) is 31.2 Å². The molecule has 3 rings (SSSR count). The fourth-order valence-corrected chi connectivity index (χ4v) is 3.23. The lowest BCUT2D eigenvalue weighted by atomic mass is 10.0. The van der Waals surface area contributed by atoms with E-state index < -0.39 is 0 Å². The Hall–Kier alpha value is -1.84. The number of hydrazone groups is 1. The van der Waals surface area contributed by atoms with E-state index in [1.807, 2.05) is 6.07 Å². The summed E-state index contributed by atoms with van der Waals surface area (Å²) in [5, 5.41) is 13.3. The molecule has 2 aliphatic rings. The molecule has 2 unspecified atom stereocenters. The number of nitrogens with zero attached hydrogens (tertiary/aromatic N) is 1. The van der Waals surface area contributed by atoms with E-state index in [4.69, 9.17) is 0 Å². The van der Waals surface area contributed by atoms with Crippen molar-refractivity contribution in [2.75, 3.05) is 0 Å². The number of hydrogen-bond donors (Lipinski definition) is 2. The van der Waals surface area contributed by atoms with Crippen LogP contribution in [0.4, 0.5) is 0 Å². The zero-order valence-electron chi connectivity index (χ0n) is 10.7. The van der Waals surface area contributed by atoms with Gasteiger partial charge in [0.25, 0.3) is 0 Å². The Morgan fingerprint density at radius 3 is 2.74 bits per heavy atom. The molecule has 0 heterocycles. The van der Waals surface area contributed by atoms with Gasteiger partial charge in [-0.05, 0) is 42.4 Å². The molecule has 0 saturated heterocycles. The maximum atomic E-state index is 12.0. The Kier molecular flexibility index (Phi) is 3.23. The minimum absolute atomic E-state index is 0.0494. The molecular weight excluding hydrogens is 240 g/mol. The van der Waals surface area contributed by atoms with Gasteiger partial charge in [0.2, 0.25) is 5.91 Å². The zero-order valence-corrected chi connectivity index (χ0v) is 10.7. The van der Waals surface area contributed by atoms with Gasteiger partial charge in [-0.25, -0.2) is 5.43 Å². The van der Waals surface area contributed by atoms with E-state index in [9.17, 15) is 9.90 Å². The van der Waals surface area contributed by atoms with Gasteiger partial charge in [-0.15, -0.1) is 0 Å². The number of nitrogens with one attached hydrogen (secondary N) is 1. The molecule has 1 aromatic rings. The van der Waals surface area contributed by atoms with Crippen LogP contribution in [0.2, 0.25) is 0 Å². The summed E-state index contributed by atoms with van der Waals surface area (Å²) in [5.74, 6) is 1.63. The van der Waals surface area contributed by atoms with Crippen molar-refractivity contribution in [1.29, 1.82) is 0 Å². The van der Waals surface area contributed by atoms with Crippen LogP contribution in [-0.2, 0) is 4.79 Å². The molecule has 2 aliphatic carbocycles. The van der Waals surface area contributed by atoms with E-state index in [0.29, 0.717) is 11.8 Å². The van der Waals surface area contributed by atoms with E-state index in [1.165, 1.54) is 25.7 Å². The van der Waals surface area contributed by atoms with Crippen molar-refractivity contribution in [3.05, 3.63) is 29.8 Å². The van der Waals surface area contributed by atoms with Gasteiger partial charge in [-0.2, -0.15) is 5.10 Å². The van der Waals surface area contributed by atoms with E-state index in [0.717, 1.165) is 5.56 Å². The molecule has 0 aromatic heterocycles. The second-order valence-corrected chi connectivity index (χ2v) is 5.47. The first-order valence-electron chi connectivity index (χ1n) is 6.87. The number of carbonyl (C=O) groups excluding carboxylic acids is 1. The van der Waals surface area contributed by atoms with Gasteiger partial charge in [0.05, 0.1) is 6.21 Å². The van der Waals surface area contributed by atoms with Gasteiger partial charge >= 0.3 is 0 Å². The Morgan fingerprint density at radius 2 is 2.05 bits per heavy atom. The highest BCUT2D eigenvalue weighted by Crippen LogP contribution is 2.55. The number of phenolic OH excluding ortho intramolecular Hbond substituents is 1. The van der Waals surface area contributed by atoms with E-state index in [2.05, 4.69) is 10.5 Å². The summed E-state index contributed by atoms with van der Waals surface area (Å²) in [6.45, 7) is 0. The third kappa shape index (κ3) is 2.62. The highest BCUT2D eigenvalue weighted by Gasteiger charge is 2.54. The van der Waals surface area contributed by atoms with Crippen LogP contribution < -0.4 is 5.43 Å². The summed E-state index contributed by atoms with van der Waals surface area (Å²) in [6.07, 6.45) is 6.47. The molecule has 4 nitrogen and oxygen atoms in total. The van der Waals surface area contributed by atoms with Crippen molar-refractivity contribution in [3.63, 3.8) is 0 Å².